The Kier molecular flexibility index (Phi) is 9.54. The van der Waals surface area contributed by atoms with Crippen LogP contribution >= 0.6 is 0 Å². The first-order chi connectivity index (χ1) is 9.69. The van der Waals surface area contributed by atoms with E-state index in [0.29, 0.717) is 0 Å². The van der Waals surface area contributed by atoms with Gasteiger partial charge in [0.15, 0.2) is 0 Å². The van der Waals surface area contributed by atoms with Crippen molar-refractivity contribution in [1.29, 1.82) is 0 Å². The number of rotatable bonds is 10. The van der Waals surface area contributed by atoms with Crippen molar-refractivity contribution in [2.24, 2.45) is 35.1 Å². The monoisotopic (exact) mass is 282 g/mol. The molecule has 20 heavy (non-hydrogen) atoms. The summed E-state index contributed by atoms with van der Waals surface area (Å²) < 4.78 is 0. The van der Waals surface area contributed by atoms with Crippen LogP contribution in [0, 0.1) is 23.7 Å². The van der Waals surface area contributed by atoms with Gasteiger partial charge in [0.25, 0.3) is 0 Å². The van der Waals surface area contributed by atoms with Gasteiger partial charge in [0.05, 0.1) is 0 Å². The van der Waals surface area contributed by atoms with Crippen LogP contribution < -0.4 is 11.5 Å². The van der Waals surface area contributed by atoms with Crippen LogP contribution in [0.2, 0.25) is 0 Å². The lowest BCUT2D eigenvalue weighted by Gasteiger charge is -2.39. The molecule has 1 rings (SSSR count). The van der Waals surface area contributed by atoms with E-state index in [1.54, 1.807) is 0 Å². The fourth-order valence-corrected chi connectivity index (χ4v) is 3.97. The SMILES string of the molecule is CC1CC(CCCCCN)C(CCCCCN)CC1C. The van der Waals surface area contributed by atoms with Gasteiger partial charge in [-0.2, -0.15) is 0 Å². The van der Waals surface area contributed by atoms with Crippen LogP contribution in [0.15, 0.2) is 0 Å². The first-order valence-electron chi connectivity index (χ1n) is 9.09. The summed E-state index contributed by atoms with van der Waals surface area (Å²) in [6, 6.07) is 0. The lowest BCUT2D eigenvalue weighted by Crippen LogP contribution is -2.29. The number of hydrogen-bond acceptors (Lipinski definition) is 2. The molecule has 0 aromatic carbocycles. The topological polar surface area (TPSA) is 52.0 Å². The van der Waals surface area contributed by atoms with Crippen molar-refractivity contribution in [3.05, 3.63) is 0 Å². The highest BCUT2D eigenvalue weighted by Crippen LogP contribution is 2.42. The first-order valence-corrected chi connectivity index (χ1v) is 9.09. The Morgan fingerprint density at radius 3 is 1.40 bits per heavy atom. The summed E-state index contributed by atoms with van der Waals surface area (Å²) in [6.45, 7) is 6.64. The molecular formula is C18H38N2. The van der Waals surface area contributed by atoms with Gasteiger partial charge < -0.3 is 11.5 Å². The second-order valence-electron chi connectivity index (χ2n) is 7.22. The average Bonchev–Trinajstić information content (AvgIpc) is 2.44. The largest absolute Gasteiger partial charge is 0.330 e. The quantitative estimate of drug-likeness (QED) is 0.586. The minimum atomic E-state index is 0.862. The van der Waals surface area contributed by atoms with Crippen molar-refractivity contribution in [2.45, 2.75) is 78.1 Å². The van der Waals surface area contributed by atoms with Crippen molar-refractivity contribution in [1.82, 2.24) is 0 Å². The molecule has 1 saturated carbocycles. The molecule has 0 amide bonds. The molecule has 4 N–H and O–H groups in total. The van der Waals surface area contributed by atoms with Crippen LogP contribution in [0.25, 0.3) is 0 Å². The van der Waals surface area contributed by atoms with E-state index in [0.717, 1.165) is 36.8 Å². The predicted octanol–water partition coefficient (Wildman–Crippen LogP) is 4.32. The maximum Gasteiger partial charge on any atom is -0.00773 e. The van der Waals surface area contributed by atoms with E-state index in [9.17, 15) is 0 Å². The summed E-state index contributed by atoms with van der Waals surface area (Å²) in [6.07, 6.45) is 13.7. The van der Waals surface area contributed by atoms with Crippen molar-refractivity contribution >= 4 is 0 Å². The Labute approximate surface area is 127 Å². The van der Waals surface area contributed by atoms with E-state index in [1.165, 1.54) is 64.2 Å². The Hall–Kier alpha value is -0.0800. The minimum Gasteiger partial charge on any atom is -0.330 e. The normalized spacial score (nSPS) is 30.6. The highest BCUT2D eigenvalue weighted by Gasteiger charge is 2.31. The number of hydrogen-bond donors (Lipinski definition) is 2. The van der Waals surface area contributed by atoms with E-state index in [1.807, 2.05) is 0 Å². The maximum atomic E-state index is 5.60. The summed E-state index contributed by atoms with van der Waals surface area (Å²) in [5.74, 6) is 3.82. The summed E-state index contributed by atoms with van der Waals surface area (Å²) in [4.78, 5) is 0. The zero-order valence-electron chi connectivity index (χ0n) is 13.9. The van der Waals surface area contributed by atoms with Crippen LogP contribution in [0.1, 0.15) is 78.1 Å². The van der Waals surface area contributed by atoms with Gasteiger partial charge in [-0.15, -0.1) is 0 Å². The molecule has 2 heteroatoms. The Morgan fingerprint density at radius 2 is 1.05 bits per heavy atom. The third-order valence-corrected chi connectivity index (χ3v) is 5.55. The summed E-state index contributed by atoms with van der Waals surface area (Å²) >= 11 is 0. The zero-order chi connectivity index (χ0) is 14.8. The van der Waals surface area contributed by atoms with Gasteiger partial charge in [0.2, 0.25) is 0 Å². The molecule has 0 radical (unpaired) electrons. The van der Waals surface area contributed by atoms with Crippen molar-refractivity contribution in [2.75, 3.05) is 13.1 Å². The Bertz CT molecular complexity index is 205. The van der Waals surface area contributed by atoms with Gasteiger partial charge in [-0.1, -0.05) is 52.4 Å². The predicted molar refractivity (Wildman–Crippen MR) is 89.6 cm³/mol. The van der Waals surface area contributed by atoms with Gasteiger partial charge >= 0.3 is 0 Å². The van der Waals surface area contributed by atoms with E-state index in [2.05, 4.69) is 13.8 Å². The lowest BCUT2D eigenvalue weighted by atomic mass is 9.66. The summed E-state index contributed by atoms with van der Waals surface area (Å²) in [5.41, 5.74) is 11.2. The maximum absolute atomic E-state index is 5.60. The first kappa shape index (κ1) is 18.0. The van der Waals surface area contributed by atoms with Gasteiger partial charge in [0.1, 0.15) is 0 Å². The molecule has 4 atom stereocenters. The minimum absolute atomic E-state index is 0.862. The average molecular weight is 283 g/mol. The second kappa shape index (κ2) is 10.6. The number of unbranched alkanes of at least 4 members (excludes halogenated alkanes) is 4. The highest BCUT2D eigenvalue weighted by atomic mass is 14.5. The van der Waals surface area contributed by atoms with Crippen molar-refractivity contribution < 1.29 is 0 Å². The third-order valence-electron chi connectivity index (χ3n) is 5.55. The molecule has 0 heterocycles. The van der Waals surface area contributed by atoms with Crippen LogP contribution in [0.3, 0.4) is 0 Å². The molecule has 0 spiro atoms. The third kappa shape index (κ3) is 6.58. The Morgan fingerprint density at radius 1 is 0.650 bits per heavy atom. The van der Waals surface area contributed by atoms with Crippen LogP contribution in [-0.2, 0) is 0 Å². The number of nitrogens with two attached hydrogens (primary N) is 2. The molecule has 1 fully saturated rings. The Balaban J connectivity index is 2.34. The molecular weight excluding hydrogens is 244 g/mol. The molecule has 120 valence electrons. The molecule has 4 unspecified atom stereocenters. The van der Waals surface area contributed by atoms with Gasteiger partial charge in [-0.3, -0.25) is 0 Å². The molecule has 1 aliphatic rings. The van der Waals surface area contributed by atoms with E-state index < -0.39 is 0 Å². The smallest absolute Gasteiger partial charge is 0.00773 e. The van der Waals surface area contributed by atoms with Gasteiger partial charge in [-0.05, 0) is 62.4 Å². The van der Waals surface area contributed by atoms with E-state index in [4.69, 9.17) is 11.5 Å². The molecule has 0 aromatic heterocycles. The van der Waals surface area contributed by atoms with Crippen molar-refractivity contribution in [3.8, 4) is 0 Å². The fraction of sp³-hybridized carbons (Fsp3) is 1.00. The van der Waals surface area contributed by atoms with Gasteiger partial charge in [-0.25, -0.2) is 0 Å². The fourth-order valence-electron chi connectivity index (χ4n) is 3.97. The van der Waals surface area contributed by atoms with E-state index in [-0.39, 0.29) is 0 Å². The van der Waals surface area contributed by atoms with Crippen LogP contribution in [0.5, 0.6) is 0 Å². The molecule has 1 aliphatic carbocycles. The molecule has 0 aromatic rings. The van der Waals surface area contributed by atoms with E-state index >= 15 is 0 Å². The van der Waals surface area contributed by atoms with Crippen LogP contribution in [0.4, 0.5) is 0 Å². The van der Waals surface area contributed by atoms with Crippen LogP contribution in [-0.4, -0.2) is 13.1 Å². The zero-order valence-corrected chi connectivity index (χ0v) is 13.9. The van der Waals surface area contributed by atoms with Crippen molar-refractivity contribution in [3.63, 3.8) is 0 Å². The summed E-state index contributed by atoms with van der Waals surface area (Å²) in [7, 11) is 0. The molecule has 0 aliphatic heterocycles. The highest BCUT2D eigenvalue weighted by molar-refractivity contribution is 4.82. The standard InChI is InChI=1S/C18H38N2/c1-15-13-17(9-5-3-7-11-19)18(14-16(15)2)10-6-4-8-12-20/h15-18H,3-14,19-20H2,1-2H3. The molecule has 2 nitrogen and oxygen atoms in total. The molecule has 0 saturated heterocycles. The lowest BCUT2D eigenvalue weighted by molar-refractivity contribution is 0.114. The summed E-state index contributed by atoms with van der Waals surface area (Å²) in [5, 5.41) is 0. The molecule has 0 bridgehead atoms. The van der Waals surface area contributed by atoms with Gasteiger partial charge in [0, 0.05) is 0 Å². The second-order valence-corrected chi connectivity index (χ2v) is 7.22.